The van der Waals surface area contributed by atoms with Gasteiger partial charge in [0.25, 0.3) is 16.0 Å². The van der Waals surface area contributed by atoms with Gasteiger partial charge in [-0.3, -0.25) is 0 Å². The molecule has 118 valence electrons. The summed E-state index contributed by atoms with van der Waals surface area (Å²) >= 11 is 5.84. The number of hydrogen-bond donors (Lipinski definition) is 1. The molecule has 0 amide bonds. The second-order valence-corrected chi connectivity index (χ2v) is 6.93. The zero-order chi connectivity index (χ0) is 16.3. The number of rotatable bonds is 5. The summed E-state index contributed by atoms with van der Waals surface area (Å²) in [5.41, 5.74) is 0.983. The van der Waals surface area contributed by atoms with Crippen molar-refractivity contribution in [1.82, 2.24) is 14.8 Å². The lowest BCUT2D eigenvalue weighted by Crippen LogP contribution is -2.14. The Balaban J connectivity index is 1.73. The van der Waals surface area contributed by atoms with E-state index in [-0.39, 0.29) is 10.8 Å². The molecule has 0 saturated heterocycles. The van der Waals surface area contributed by atoms with Gasteiger partial charge in [-0.15, -0.1) is 5.10 Å². The van der Waals surface area contributed by atoms with Crippen molar-refractivity contribution >= 4 is 27.6 Å². The van der Waals surface area contributed by atoms with Gasteiger partial charge < -0.3 is 0 Å². The third-order valence-corrected chi connectivity index (χ3v) is 4.67. The van der Waals surface area contributed by atoms with Crippen molar-refractivity contribution in [1.29, 1.82) is 0 Å². The predicted molar refractivity (Wildman–Crippen MR) is 87.8 cm³/mol. The Labute approximate surface area is 138 Å². The summed E-state index contributed by atoms with van der Waals surface area (Å²) in [5.74, 6) is 0.0304. The normalized spacial score (nSPS) is 11.3. The van der Waals surface area contributed by atoms with Crippen LogP contribution in [0.25, 0.3) is 0 Å². The summed E-state index contributed by atoms with van der Waals surface area (Å²) in [6.07, 6.45) is 1.47. The number of aromatic nitrogens is 3. The molecule has 3 rings (SSSR count). The van der Waals surface area contributed by atoms with Crippen LogP contribution in [-0.2, 0) is 16.6 Å². The smallest absolute Gasteiger partial charge is 0.246 e. The fourth-order valence-corrected chi connectivity index (χ4v) is 3.07. The van der Waals surface area contributed by atoms with Crippen LogP contribution in [0.3, 0.4) is 0 Å². The second kappa shape index (κ2) is 6.39. The summed E-state index contributed by atoms with van der Waals surface area (Å²) in [7, 11) is -3.68. The van der Waals surface area contributed by atoms with Gasteiger partial charge in [0.1, 0.15) is 6.33 Å². The van der Waals surface area contributed by atoms with E-state index in [1.165, 1.54) is 18.5 Å². The molecule has 6 nitrogen and oxygen atoms in total. The van der Waals surface area contributed by atoms with Gasteiger partial charge in [0, 0.05) is 5.02 Å². The first-order valence-corrected chi connectivity index (χ1v) is 8.61. The van der Waals surface area contributed by atoms with E-state index in [1.54, 1.807) is 35.0 Å². The summed E-state index contributed by atoms with van der Waals surface area (Å²) in [5, 5.41) is 4.78. The Kier molecular flexibility index (Phi) is 4.31. The first-order valence-electron chi connectivity index (χ1n) is 6.75. The summed E-state index contributed by atoms with van der Waals surface area (Å²) in [6, 6.07) is 15.4. The number of benzene rings is 2. The minimum Gasteiger partial charge on any atom is -0.246 e. The van der Waals surface area contributed by atoms with Crippen LogP contribution >= 0.6 is 11.6 Å². The third kappa shape index (κ3) is 3.88. The Bertz CT molecular complexity index is 893. The molecule has 8 heteroatoms. The van der Waals surface area contributed by atoms with Crippen molar-refractivity contribution in [2.45, 2.75) is 11.4 Å². The van der Waals surface area contributed by atoms with E-state index in [1.807, 2.05) is 12.1 Å². The SMILES string of the molecule is O=S(=O)(Nc1ncn(Cc2ccc(Cl)cc2)n1)c1ccccc1. The summed E-state index contributed by atoms with van der Waals surface area (Å²) in [4.78, 5) is 4.14. The van der Waals surface area contributed by atoms with E-state index in [9.17, 15) is 8.42 Å². The van der Waals surface area contributed by atoms with Crippen molar-refractivity contribution in [2.24, 2.45) is 0 Å². The first kappa shape index (κ1) is 15.5. The molecule has 0 saturated carbocycles. The fraction of sp³-hybridized carbons (Fsp3) is 0.0667. The largest absolute Gasteiger partial charge is 0.264 e. The molecule has 1 N–H and O–H groups in total. The van der Waals surface area contributed by atoms with Gasteiger partial charge in [0.15, 0.2) is 0 Å². The van der Waals surface area contributed by atoms with Crippen LogP contribution in [0.15, 0.2) is 65.8 Å². The van der Waals surface area contributed by atoms with E-state index < -0.39 is 10.0 Å². The highest BCUT2D eigenvalue weighted by atomic mass is 35.5. The van der Waals surface area contributed by atoms with Gasteiger partial charge in [-0.2, -0.15) is 4.98 Å². The lowest BCUT2D eigenvalue weighted by molar-refractivity contribution is 0.600. The molecule has 0 atom stereocenters. The molecule has 0 aliphatic rings. The summed E-state index contributed by atoms with van der Waals surface area (Å²) in [6.45, 7) is 0.469. The highest BCUT2D eigenvalue weighted by molar-refractivity contribution is 7.92. The molecule has 23 heavy (non-hydrogen) atoms. The average Bonchev–Trinajstić information content (AvgIpc) is 2.97. The Morgan fingerprint density at radius 2 is 1.74 bits per heavy atom. The van der Waals surface area contributed by atoms with Crippen LogP contribution in [0.4, 0.5) is 5.95 Å². The minimum absolute atomic E-state index is 0.0304. The van der Waals surface area contributed by atoms with E-state index >= 15 is 0 Å². The Morgan fingerprint density at radius 3 is 2.43 bits per heavy atom. The third-order valence-electron chi connectivity index (χ3n) is 3.07. The number of nitrogens with zero attached hydrogens (tertiary/aromatic N) is 3. The van der Waals surface area contributed by atoms with Crippen LogP contribution in [0.2, 0.25) is 5.02 Å². The molecular formula is C15H13ClN4O2S. The maximum absolute atomic E-state index is 12.2. The van der Waals surface area contributed by atoms with Gasteiger partial charge in [0.05, 0.1) is 11.4 Å². The minimum atomic E-state index is -3.68. The molecule has 0 aliphatic heterocycles. The van der Waals surface area contributed by atoms with Gasteiger partial charge in [-0.1, -0.05) is 41.9 Å². The summed E-state index contributed by atoms with van der Waals surface area (Å²) < 4.78 is 28.3. The van der Waals surface area contributed by atoms with Crippen molar-refractivity contribution in [2.75, 3.05) is 4.72 Å². The fourth-order valence-electron chi connectivity index (χ4n) is 1.97. The van der Waals surface area contributed by atoms with E-state index in [0.717, 1.165) is 5.56 Å². The quantitative estimate of drug-likeness (QED) is 0.769. The van der Waals surface area contributed by atoms with Crippen LogP contribution in [0, 0.1) is 0 Å². The molecular weight excluding hydrogens is 336 g/mol. The lowest BCUT2D eigenvalue weighted by Gasteiger charge is -2.04. The molecule has 0 fully saturated rings. The monoisotopic (exact) mass is 348 g/mol. The van der Waals surface area contributed by atoms with E-state index in [0.29, 0.717) is 11.6 Å². The van der Waals surface area contributed by atoms with Gasteiger partial charge >= 0.3 is 0 Å². The number of anilines is 1. The molecule has 0 spiro atoms. The van der Waals surface area contributed by atoms with Crippen LogP contribution in [0.1, 0.15) is 5.56 Å². The average molecular weight is 349 g/mol. The predicted octanol–water partition coefficient (Wildman–Crippen LogP) is 2.78. The number of halogens is 1. The number of nitrogens with one attached hydrogen (secondary N) is 1. The zero-order valence-electron chi connectivity index (χ0n) is 11.9. The Hall–Kier alpha value is -2.38. The van der Waals surface area contributed by atoms with E-state index in [2.05, 4.69) is 14.8 Å². The van der Waals surface area contributed by atoms with Crippen molar-refractivity contribution in [3.8, 4) is 0 Å². The number of hydrogen-bond acceptors (Lipinski definition) is 4. The van der Waals surface area contributed by atoms with Gasteiger partial charge in [-0.25, -0.2) is 17.8 Å². The van der Waals surface area contributed by atoms with Gasteiger partial charge in [-0.05, 0) is 29.8 Å². The highest BCUT2D eigenvalue weighted by Crippen LogP contribution is 2.13. The standard InChI is InChI=1S/C15H13ClN4O2S/c16-13-8-6-12(7-9-13)10-20-11-17-15(18-20)19-23(21,22)14-4-2-1-3-5-14/h1-9,11H,10H2,(H,18,19). The molecule has 0 unspecified atom stereocenters. The first-order chi connectivity index (χ1) is 11.0. The molecule has 0 radical (unpaired) electrons. The second-order valence-electron chi connectivity index (χ2n) is 4.81. The van der Waals surface area contributed by atoms with Crippen molar-refractivity contribution in [3.63, 3.8) is 0 Å². The highest BCUT2D eigenvalue weighted by Gasteiger charge is 2.15. The zero-order valence-corrected chi connectivity index (χ0v) is 13.5. The Morgan fingerprint density at radius 1 is 1.04 bits per heavy atom. The van der Waals surface area contributed by atoms with Crippen LogP contribution < -0.4 is 4.72 Å². The molecule has 3 aromatic rings. The molecule has 0 aliphatic carbocycles. The maximum atomic E-state index is 12.2. The van der Waals surface area contributed by atoms with Crippen LogP contribution in [-0.4, -0.2) is 23.2 Å². The lowest BCUT2D eigenvalue weighted by atomic mass is 10.2. The molecule has 1 heterocycles. The van der Waals surface area contributed by atoms with E-state index in [4.69, 9.17) is 11.6 Å². The van der Waals surface area contributed by atoms with Crippen LogP contribution in [0.5, 0.6) is 0 Å². The van der Waals surface area contributed by atoms with Crippen molar-refractivity contribution in [3.05, 3.63) is 71.5 Å². The molecule has 2 aromatic carbocycles. The molecule has 0 bridgehead atoms. The number of sulfonamides is 1. The van der Waals surface area contributed by atoms with Gasteiger partial charge in [0.2, 0.25) is 0 Å². The molecule has 1 aromatic heterocycles. The topological polar surface area (TPSA) is 76.9 Å². The maximum Gasteiger partial charge on any atom is 0.264 e. The van der Waals surface area contributed by atoms with Crippen molar-refractivity contribution < 1.29 is 8.42 Å².